The predicted octanol–water partition coefficient (Wildman–Crippen LogP) is 0.874. The van der Waals surface area contributed by atoms with E-state index in [0.717, 1.165) is 19.4 Å². The molecule has 21 heavy (non-hydrogen) atoms. The second-order valence-electron chi connectivity index (χ2n) is 6.33. The van der Waals surface area contributed by atoms with Crippen molar-refractivity contribution in [1.29, 1.82) is 0 Å². The Kier molecular flexibility index (Phi) is 2.66. The van der Waals surface area contributed by atoms with Gasteiger partial charge in [0, 0.05) is 13.7 Å². The highest BCUT2D eigenvalue weighted by atomic mass is 16.5. The first kappa shape index (κ1) is 12.9. The molecule has 2 saturated carbocycles. The third kappa shape index (κ3) is 1.68. The van der Waals surface area contributed by atoms with Gasteiger partial charge in [0.1, 0.15) is 0 Å². The molecule has 0 aromatic carbocycles. The molecular formula is C15H18N2O4. The SMILES string of the molecule is COC1C2CC3CN(C(=O)c4ccc(C(N)=O)o4)C1C3C2. The van der Waals surface area contributed by atoms with Crippen LogP contribution in [-0.2, 0) is 4.74 Å². The average Bonchev–Trinajstić information content (AvgIpc) is 3.15. The topological polar surface area (TPSA) is 85.8 Å². The first-order valence-corrected chi connectivity index (χ1v) is 7.33. The fourth-order valence-electron chi connectivity index (χ4n) is 4.68. The fraction of sp³-hybridized carbons (Fsp3) is 0.600. The Balaban J connectivity index is 1.61. The minimum atomic E-state index is -0.661. The van der Waals surface area contributed by atoms with Gasteiger partial charge in [-0.05, 0) is 42.7 Å². The number of primary amides is 1. The molecule has 1 aliphatic heterocycles. The molecule has 1 saturated heterocycles. The molecular weight excluding hydrogens is 272 g/mol. The molecule has 2 heterocycles. The van der Waals surface area contributed by atoms with Crippen molar-refractivity contribution in [2.24, 2.45) is 23.5 Å². The van der Waals surface area contributed by atoms with Gasteiger partial charge in [-0.1, -0.05) is 0 Å². The molecule has 2 N–H and O–H groups in total. The minimum absolute atomic E-state index is 0.0214. The van der Waals surface area contributed by atoms with E-state index in [1.165, 1.54) is 12.1 Å². The summed E-state index contributed by atoms with van der Waals surface area (Å²) in [6.07, 6.45) is 2.43. The van der Waals surface area contributed by atoms with Crippen LogP contribution in [0.4, 0.5) is 0 Å². The summed E-state index contributed by atoms with van der Waals surface area (Å²) >= 11 is 0. The summed E-state index contributed by atoms with van der Waals surface area (Å²) in [5.74, 6) is 1.09. The normalized spacial score (nSPS) is 36.4. The van der Waals surface area contributed by atoms with Crippen molar-refractivity contribution in [3.05, 3.63) is 23.7 Å². The number of rotatable bonds is 3. The highest BCUT2D eigenvalue weighted by Crippen LogP contribution is 2.56. The van der Waals surface area contributed by atoms with Crippen molar-refractivity contribution in [2.75, 3.05) is 13.7 Å². The number of carbonyl (C=O) groups is 2. The predicted molar refractivity (Wildman–Crippen MR) is 72.6 cm³/mol. The molecule has 0 spiro atoms. The van der Waals surface area contributed by atoms with Crippen LogP contribution < -0.4 is 5.73 Å². The monoisotopic (exact) mass is 290 g/mol. The quantitative estimate of drug-likeness (QED) is 0.895. The first-order valence-electron chi connectivity index (χ1n) is 7.33. The van der Waals surface area contributed by atoms with Crippen molar-refractivity contribution in [3.8, 4) is 0 Å². The number of nitrogens with zero attached hydrogens (tertiary/aromatic N) is 1. The number of furan rings is 1. The Morgan fingerprint density at radius 2 is 2.05 bits per heavy atom. The van der Waals surface area contributed by atoms with Crippen molar-refractivity contribution >= 4 is 11.8 Å². The van der Waals surface area contributed by atoms with E-state index in [4.69, 9.17) is 14.9 Å². The summed E-state index contributed by atoms with van der Waals surface area (Å²) in [5.41, 5.74) is 5.16. The van der Waals surface area contributed by atoms with E-state index in [2.05, 4.69) is 0 Å². The second kappa shape index (κ2) is 4.34. The van der Waals surface area contributed by atoms with Crippen LogP contribution in [0.3, 0.4) is 0 Å². The third-order valence-corrected chi connectivity index (χ3v) is 5.41. The number of fused-ring (bicyclic) bond motifs is 1. The van der Waals surface area contributed by atoms with Crippen LogP contribution >= 0.6 is 0 Å². The molecule has 2 bridgehead atoms. The van der Waals surface area contributed by atoms with E-state index in [1.807, 2.05) is 4.90 Å². The van der Waals surface area contributed by atoms with Crippen LogP contribution in [-0.4, -0.2) is 42.5 Å². The van der Waals surface area contributed by atoms with Crippen molar-refractivity contribution in [3.63, 3.8) is 0 Å². The molecule has 0 radical (unpaired) electrons. The second-order valence-corrected chi connectivity index (χ2v) is 6.33. The Labute approximate surface area is 122 Å². The Bertz CT molecular complexity index is 609. The molecule has 6 heteroatoms. The summed E-state index contributed by atoms with van der Waals surface area (Å²) in [4.78, 5) is 25.6. The lowest BCUT2D eigenvalue weighted by Gasteiger charge is -2.30. The molecule has 2 amide bonds. The molecule has 3 fully saturated rings. The molecule has 5 unspecified atom stereocenters. The third-order valence-electron chi connectivity index (χ3n) is 5.41. The Hall–Kier alpha value is -1.82. The number of amides is 2. The fourth-order valence-corrected chi connectivity index (χ4v) is 4.68. The number of nitrogens with two attached hydrogens (primary N) is 1. The summed E-state index contributed by atoms with van der Waals surface area (Å²) in [6, 6.07) is 3.12. The van der Waals surface area contributed by atoms with Crippen LogP contribution in [0.5, 0.6) is 0 Å². The molecule has 1 aromatic rings. The van der Waals surface area contributed by atoms with E-state index >= 15 is 0 Å². The lowest BCUT2D eigenvalue weighted by molar-refractivity contribution is 0.0102. The number of methoxy groups -OCH3 is 1. The molecule has 3 aliphatic rings. The zero-order valence-electron chi connectivity index (χ0n) is 11.8. The summed E-state index contributed by atoms with van der Waals surface area (Å²) in [7, 11) is 1.72. The van der Waals surface area contributed by atoms with Gasteiger partial charge >= 0.3 is 0 Å². The molecule has 2 aliphatic carbocycles. The minimum Gasteiger partial charge on any atom is -0.446 e. The number of carbonyl (C=O) groups excluding carboxylic acids is 2. The first-order chi connectivity index (χ1) is 10.1. The number of hydrogen-bond acceptors (Lipinski definition) is 4. The highest BCUT2D eigenvalue weighted by Gasteiger charge is 2.60. The Morgan fingerprint density at radius 3 is 2.71 bits per heavy atom. The van der Waals surface area contributed by atoms with Crippen LogP contribution in [0, 0.1) is 17.8 Å². The van der Waals surface area contributed by atoms with Gasteiger partial charge in [-0.25, -0.2) is 0 Å². The summed E-state index contributed by atoms with van der Waals surface area (Å²) in [6.45, 7) is 0.761. The molecule has 5 atom stereocenters. The Morgan fingerprint density at radius 1 is 1.29 bits per heavy atom. The molecule has 112 valence electrons. The summed E-state index contributed by atoms with van der Waals surface area (Å²) in [5, 5.41) is 0. The maximum atomic E-state index is 12.7. The molecule has 1 aromatic heterocycles. The van der Waals surface area contributed by atoms with Gasteiger partial charge in [0.25, 0.3) is 11.8 Å². The van der Waals surface area contributed by atoms with E-state index in [9.17, 15) is 9.59 Å². The van der Waals surface area contributed by atoms with Crippen LogP contribution in [0.2, 0.25) is 0 Å². The molecule has 4 rings (SSSR count). The number of hydrogen-bond donors (Lipinski definition) is 1. The largest absolute Gasteiger partial charge is 0.446 e. The average molecular weight is 290 g/mol. The van der Waals surface area contributed by atoms with Gasteiger partial charge in [-0.3, -0.25) is 9.59 Å². The van der Waals surface area contributed by atoms with Crippen LogP contribution in [0.15, 0.2) is 16.5 Å². The van der Waals surface area contributed by atoms with E-state index in [-0.39, 0.29) is 29.6 Å². The lowest BCUT2D eigenvalue weighted by atomic mass is 9.88. The number of likely N-dealkylation sites (tertiary alicyclic amines) is 1. The van der Waals surface area contributed by atoms with E-state index in [0.29, 0.717) is 17.8 Å². The standard InChI is InChI=1S/C15H18N2O4/c1-20-13-7-4-8-6-17(12(13)9(8)5-7)15(19)11-3-2-10(21-11)14(16)18/h2-3,7-9,12-13H,4-6H2,1H3,(H2,16,18). The van der Waals surface area contributed by atoms with E-state index in [1.54, 1.807) is 7.11 Å². The maximum Gasteiger partial charge on any atom is 0.289 e. The zero-order chi connectivity index (χ0) is 14.7. The smallest absolute Gasteiger partial charge is 0.289 e. The maximum absolute atomic E-state index is 12.7. The zero-order valence-corrected chi connectivity index (χ0v) is 11.8. The van der Waals surface area contributed by atoms with Gasteiger partial charge in [0.05, 0.1) is 12.1 Å². The van der Waals surface area contributed by atoms with Gasteiger partial charge in [0.2, 0.25) is 0 Å². The van der Waals surface area contributed by atoms with Crippen molar-refractivity contribution in [2.45, 2.75) is 25.0 Å². The highest BCUT2D eigenvalue weighted by molar-refractivity contribution is 5.95. The number of ether oxygens (including phenoxy) is 1. The van der Waals surface area contributed by atoms with E-state index < -0.39 is 5.91 Å². The summed E-state index contributed by atoms with van der Waals surface area (Å²) < 4.78 is 10.9. The van der Waals surface area contributed by atoms with Gasteiger partial charge < -0.3 is 19.8 Å². The van der Waals surface area contributed by atoms with Gasteiger partial charge in [0.15, 0.2) is 11.5 Å². The van der Waals surface area contributed by atoms with Gasteiger partial charge in [-0.15, -0.1) is 0 Å². The van der Waals surface area contributed by atoms with Gasteiger partial charge in [-0.2, -0.15) is 0 Å². The van der Waals surface area contributed by atoms with Crippen molar-refractivity contribution in [1.82, 2.24) is 4.90 Å². The molecule has 6 nitrogen and oxygen atoms in total. The lowest BCUT2D eigenvalue weighted by Crippen LogP contribution is -2.44. The van der Waals surface area contributed by atoms with Crippen LogP contribution in [0.1, 0.15) is 34.0 Å². The van der Waals surface area contributed by atoms with Crippen molar-refractivity contribution < 1.29 is 18.7 Å². The van der Waals surface area contributed by atoms with Crippen LogP contribution in [0.25, 0.3) is 0 Å².